The summed E-state index contributed by atoms with van der Waals surface area (Å²) in [6.07, 6.45) is 6.35. The minimum absolute atomic E-state index is 0.304. The Morgan fingerprint density at radius 3 is 2.39 bits per heavy atom. The number of imide groups is 1. The zero-order chi connectivity index (χ0) is 27.3. The van der Waals surface area contributed by atoms with Crippen LogP contribution in [-0.4, -0.2) is 58.7 Å². The maximum Gasteiger partial charge on any atom is 0.347 e. The molecule has 0 fully saturated rings. The molecule has 0 aliphatic rings. The fourth-order valence-electron chi connectivity index (χ4n) is 3.30. The smallest absolute Gasteiger partial charge is 0.347 e. The number of hydrazone groups is 1. The molecule has 0 saturated heterocycles. The highest BCUT2D eigenvalue weighted by molar-refractivity contribution is 9.18. The van der Waals surface area contributed by atoms with Gasteiger partial charge in [0.2, 0.25) is 6.41 Å². The zero-order valence-corrected chi connectivity index (χ0v) is 24.4. The van der Waals surface area contributed by atoms with Gasteiger partial charge in [0.25, 0.3) is 0 Å². The number of aryl methyl sites for hydroxylation is 1. The molecule has 0 spiro atoms. The van der Waals surface area contributed by atoms with E-state index >= 15 is 0 Å². The molecule has 0 aliphatic carbocycles. The van der Waals surface area contributed by atoms with Crippen molar-refractivity contribution >= 4 is 39.0 Å². The minimum Gasteiger partial charge on any atom is -0.479 e. The van der Waals surface area contributed by atoms with Gasteiger partial charge in [0.1, 0.15) is 10.4 Å². The molecule has 1 aromatic rings. The van der Waals surface area contributed by atoms with Crippen LogP contribution in [0.5, 0.6) is 5.75 Å². The molecule has 1 unspecified atom stereocenters. The molecule has 0 N–H and O–H groups in total. The summed E-state index contributed by atoms with van der Waals surface area (Å²) in [5, 5.41) is 5.60. The standard InChI is InChI=1S/C25H38BrN3O5.C2H6/c1-5-7-8-9-10-16-28(19-30)25(32)29(27-21(4)26)17-12-14-22-13-11-15-23(18-22)34-20(3)24(31)33-6-2;1-2/h11,13,15,18-20H,5-10,12,14,16-17H2,1-4H3;1-2H3/b27-21+;. The minimum atomic E-state index is -0.698. The molecule has 9 heteroatoms. The van der Waals surface area contributed by atoms with E-state index in [4.69, 9.17) is 9.47 Å². The Balaban J connectivity index is 0.00000596. The molecule has 0 saturated carbocycles. The van der Waals surface area contributed by atoms with Gasteiger partial charge in [-0.25, -0.2) is 14.6 Å². The van der Waals surface area contributed by atoms with Crippen molar-refractivity contribution in [1.82, 2.24) is 9.91 Å². The Morgan fingerprint density at radius 2 is 1.78 bits per heavy atom. The van der Waals surface area contributed by atoms with Gasteiger partial charge in [0, 0.05) is 13.1 Å². The highest BCUT2D eigenvalue weighted by Gasteiger charge is 2.20. The number of hydrogen-bond acceptors (Lipinski definition) is 6. The maximum absolute atomic E-state index is 12.9. The molecule has 1 atom stereocenters. The Labute approximate surface area is 225 Å². The van der Waals surface area contributed by atoms with Gasteiger partial charge in [-0.15, -0.1) is 0 Å². The molecule has 36 heavy (non-hydrogen) atoms. The van der Waals surface area contributed by atoms with E-state index in [2.05, 4.69) is 28.0 Å². The van der Waals surface area contributed by atoms with Crippen molar-refractivity contribution in [2.24, 2.45) is 5.10 Å². The number of amides is 3. The van der Waals surface area contributed by atoms with Crippen LogP contribution in [-0.2, 0) is 20.7 Å². The monoisotopic (exact) mass is 569 g/mol. The molecule has 1 aromatic carbocycles. The van der Waals surface area contributed by atoms with E-state index < -0.39 is 18.1 Å². The van der Waals surface area contributed by atoms with Crippen LogP contribution in [0.2, 0.25) is 0 Å². The van der Waals surface area contributed by atoms with Crippen LogP contribution in [0.3, 0.4) is 0 Å². The Kier molecular flexibility index (Phi) is 19.3. The van der Waals surface area contributed by atoms with Gasteiger partial charge in [-0.2, -0.15) is 5.10 Å². The predicted octanol–water partition coefficient (Wildman–Crippen LogP) is 6.55. The third kappa shape index (κ3) is 14.2. The van der Waals surface area contributed by atoms with Gasteiger partial charge >= 0.3 is 12.0 Å². The van der Waals surface area contributed by atoms with Crippen LogP contribution < -0.4 is 4.74 Å². The van der Waals surface area contributed by atoms with Gasteiger partial charge in [0.05, 0.1) is 6.61 Å². The quantitative estimate of drug-likeness (QED) is 0.0739. The van der Waals surface area contributed by atoms with Crippen molar-refractivity contribution < 1.29 is 23.9 Å². The number of hydrogen-bond donors (Lipinski definition) is 0. The van der Waals surface area contributed by atoms with Crippen molar-refractivity contribution in [3.05, 3.63) is 29.8 Å². The lowest BCUT2D eigenvalue weighted by molar-refractivity contribution is -0.150. The van der Waals surface area contributed by atoms with E-state index in [0.717, 1.165) is 37.7 Å². The number of halogens is 1. The lowest BCUT2D eigenvalue weighted by Crippen LogP contribution is -2.41. The first kappa shape index (κ1) is 33.6. The van der Waals surface area contributed by atoms with Gasteiger partial charge in [-0.05, 0) is 73.7 Å². The van der Waals surface area contributed by atoms with Crippen molar-refractivity contribution in [3.63, 3.8) is 0 Å². The summed E-state index contributed by atoms with van der Waals surface area (Å²) in [6, 6.07) is 7.05. The third-order valence-corrected chi connectivity index (χ3v) is 5.18. The van der Waals surface area contributed by atoms with Crippen LogP contribution in [0.25, 0.3) is 0 Å². The normalized spacial score (nSPS) is 11.6. The SMILES string of the molecule is CC.CCCCCCCN(C=O)C(=O)N(CCCc1cccc(OC(C)C(=O)OCC)c1)/N=C(\C)Br. The lowest BCUT2D eigenvalue weighted by atomic mass is 10.1. The Hall–Kier alpha value is -2.42. The second-order valence-corrected chi connectivity index (χ2v) is 9.13. The second-order valence-electron chi connectivity index (χ2n) is 7.98. The molecule has 0 heterocycles. The fraction of sp³-hybridized carbons (Fsp3) is 0.630. The van der Waals surface area contributed by atoms with Crippen LogP contribution in [0.4, 0.5) is 4.79 Å². The van der Waals surface area contributed by atoms with Crippen LogP contribution in [0.15, 0.2) is 29.4 Å². The second kappa shape index (κ2) is 20.7. The summed E-state index contributed by atoms with van der Waals surface area (Å²) in [6.45, 7) is 12.3. The maximum atomic E-state index is 12.9. The first-order valence-electron chi connectivity index (χ1n) is 13.0. The fourth-order valence-corrected chi connectivity index (χ4v) is 3.49. The number of urea groups is 1. The van der Waals surface area contributed by atoms with Gasteiger partial charge < -0.3 is 9.47 Å². The van der Waals surface area contributed by atoms with E-state index in [-0.39, 0.29) is 0 Å². The van der Waals surface area contributed by atoms with E-state index in [1.54, 1.807) is 26.8 Å². The first-order chi connectivity index (χ1) is 17.3. The summed E-state index contributed by atoms with van der Waals surface area (Å²) in [4.78, 5) is 37.4. The van der Waals surface area contributed by atoms with Crippen molar-refractivity contribution in [2.75, 3.05) is 19.7 Å². The highest BCUT2D eigenvalue weighted by Crippen LogP contribution is 2.17. The highest BCUT2D eigenvalue weighted by atomic mass is 79.9. The van der Waals surface area contributed by atoms with E-state index in [1.807, 2.05) is 32.0 Å². The predicted molar refractivity (Wildman–Crippen MR) is 149 cm³/mol. The van der Waals surface area contributed by atoms with Crippen molar-refractivity contribution in [2.45, 2.75) is 92.6 Å². The molecule has 8 nitrogen and oxygen atoms in total. The van der Waals surface area contributed by atoms with Crippen LogP contribution in [0.1, 0.15) is 85.6 Å². The molecule has 1 rings (SSSR count). The van der Waals surface area contributed by atoms with Gasteiger partial charge in [-0.3, -0.25) is 9.69 Å². The molecule has 0 bridgehead atoms. The largest absolute Gasteiger partial charge is 0.479 e. The number of carbonyl (C=O) groups is 3. The van der Waals surface area contributed by atoms with E-state index in [1.165, 1.54) is 9.91 Å². The zero-order valence-electron chi connectivity index (χ0n) is 22.8. The van der Waals surface area contributed by atoms with E-state index in [0.29, 0.717) is 49.3 Å². The number of benzene rings is 1. The topological polar surface area (TPSA) is 88.5 Å². The number of unbranched alkanes of at least 4 members (excludes halogenated alkanes) is 4. The van der Waals surface area contributed by atoms with E-state index in [9.17, 15) is 14.4 Å². The van der Waals surface area contributed by atoms with Crippen molar-refractivity contribution in [3.8, 4) is 5.75 Å². The Bertz CT molecular complexity index is 799. The van der Waals surface area contributed by atoms with Crippen LogP contribution >= 0.6 is 15.9 Å². The van der Waals surface area contributed by atoms with Crippen molar-refractivity contribution in [1.29, 1.82) is 0 Å². The molecule has 0 radical (unpaired) electrons. The number of ether oxygens (including phenoxy) is 2. The molecule has 204 valence electrons. The molecule has 3 amide bonds. The third-order valence-electron chi connectivity index (χ3n) is 5.02. The summed E-state index contributed by atoms with van der Waals surface area (Å²) >= 11 is 3.28. The Morgan fingerprint density at radius 1 is 1.08 bits per heavy atom. The summed E-state index contributed by atoms with van der Waals surface area (Å²) in [5.74, 6) is 0.172. The summed E-state index contributed by atoms with van der Waals surface area (Å²) < 4.78 is 11.2. The summed E-state index contributed by atoms with van der Waals surface area (Å²) in [5.41, 5.74) is 1.00. The summed E-state index contributed by atoms with van der Waals surface area (Å²) in [7, 11) is 0. The van der Waals surface area contributed by atoms with Gasteiger partial charge in [-0.1, -0.05) is 58.6 Å². The number of nitrogens with zero attached hydrogens (tertiary/aromatic N) is 3. The molecule has 0 aromatic heterocycles. The average molecular weight is 571 g/mol. The molecular formula is C27H44BrN3O5. The number of esters is 1. The molecule has 0 aliphatic heterocycles. The number of rotatable bonds is 16. The molecular weight excluding hydrogens is 526 g/mol. The lowest BCUT2D eigenvalue weighted by Gasteiger charge is -2.23. The van der Waals surface area contributed by atoms with Gasteiger partial charge in [0.15, 0.2) is 6.10 Å². The first-order valence-corrected chi connectivity index (χ1v) is 13.8. The van der Waals surface area contributed by atoms with Crippen LogP contribution in [0, 0.1) is 0 Å². The number of carbonyl (C=O) groups excluding carboxylic acids is 3. The average Bonchev–Trinajstić information content (AvgIpc) is 2.86.